The number of carboxylic acid groups (broad SMARTS) is 1. The van der Waals surface area contributed by atoms with E-state index in [-0.39, 0.29) is 5.75 Å². The molecule has 0 bridgehead atoms. The summed E-state index contributed by atoms with van der Waals surface area (Å²) in [5.74, 6) is -1.84. The number of halogens is 3. The number of hydrogen-bond donors (Lipinski definition) is 1. The highest BCUT2D eigenvalue weighted by molar-refractivity contribution is 6.30. The summed E-state index contributed by atoms with van der Waals surface area (Å²) in [6.07, 6.45) is -2.66. The van der Waals surface area contributed by atoms with Crippen LogP contribution in [0.5, 0.6) is 11.5 Å². The SMILES string of the molecule is CCOc1ccc(OC(F)(F)C(Cl)=C[C@@H]2[C@H](C(=O)O)C2(C)C)cc1. The number of alkyl halides is 2. The highest BCUT2D eigenvalue weighted by Crippen LogP contribution is 2.60. The molecule has 0 aliphatic heterocycles. The van der Waals surface area contributed by atoms with E-state index < -0.39 is 34.4 Å². The molecule has 1 aliphatic rings. The summed E-state index contributed by atoms with van der Waals surface area (Å²) in [5, 5.41) is 8.26. The van der Waals surface area contributed by atoms with Crippen molar-refractivity contribution >= 4 is 17.6 Å². The largest absolute Gasteiger partial charge is 0.494 e. The highest BCUT2D eigenvalue weighted by atomic mass is 35.5. The first kappa shape index (κ1) is 18.5. The normalized spacial score (nSPS) is 22.8. The first-order valence-corrected chi connectivity index (χ1v) is 7.87. The lowest BCUT2D eigenvalue weighted by atomic mass is 10.1. The fourth-order valence-corrected chi connectivity index (χ4v) is 2.86. The van der Waals surface area contributed by atoms with E-state index in [0.717, 1.165) is 6.08 Å². The van der Waals surface area contributed by atoms with Gasteiger partial charge in [-0.3, -0.25) is 4.79 Å². The van der Waals surface area contributed by atoms with Crippen molar-refractivity contribution in [3.63, 3.8) is 0 Å². The zero-order chi connectivity index (χ0) is 18.1. The molecule has 0 saturated heterocycles. The lowest BCUT2D eigenvalue weighted by Gasteiger charge is -2.17. The molecule has 0 amide bonds. The summed E-state index contributed by atoms with van der Waals surface area (Å²) >= 11 is 5.70. The zero-order valence-corrected chi connectivity index (χ0v) is 14.3. The van der Waals surface area contributed by atoms with E-state index in [0.29, 0.717) is 12.4 Å². The molecule has 1 aromatic carbocycles. The Morgan fingerprint density at radius 1 is 1.33 bits per heavy atom. The lowest BCUT2D eigenvalue weighted by Crippen LogP contribution is -2.25. The quantitative estimate of drug-likeness (QED) is 0.775. The predicted molar refractivity (Wildman–Crippen MR) is 85.5 cm³/mol. The third kappa shape index (κ3) is 3.80. The zero-order valence-electron chi connectivity index (χ0n) is 13.6. The maximum atomic E-state index is 14.1. The van der Waals surface area contributed by atoms with E-state index >= 15 is 0 Å². The van der Waals surface area contributed by atoms with Gasteiger partial charge in [0.1, 0.15) is 16.5 Å². The van der Waals surface area contributed by atoms with Gasteiger partial charge in [-0.2, -0.15) is 8.78 Å². The summed E-state index contributed by atoms with van der Waals surface area (Å²) in [6.45, 7) is 5.67. The Morgan fingerprint density at radius 3 is 2.33 bits per heavy atom. The second-order valence-corrected chi connectivity index (χ2v) is 6.61. The second-order valence-electron chi connectivity index (χ2n) is 6.20. The smallest absolute Gasteiger partial charge is 0.437 e. The van der Waals surface area contributed by atoms with Gasteiger partial charge in [-0.25, -0.2) is 0 Å². The first-order valence-electron chi connectivity index (χ1n) is 7.50. The molecule has 0 spiro atoms. The molecule has 1 fully saturated rings. The van der Waals surface area contributed by atoms with E-state index in [2.05, 4.69) is 4.74 Å². The third-order valence-electron chi connectivity index (χ3n) is 4.16. The van der Waals surface area contributed by atoms with E-state index in [1.807, 2.05) is 6.92 Å². The number of aliphatic carboxylic acids is 1. The Balaban J connectivity index is 2.09. The Kier molecular flexibility index (Phi) is 5.08. The van der Waals surface area contributed by atoms with E-state index in [4.69, 9.17) is 21.4 Å². The van der Waals surface area contributed by atoms with Gasteiger partial charge < -0.3 is 14.6 Å². The molecule has 2 rings (SSSR count). The molecule has 4 nitrogen and oxygen atoms in total. The molecular weight excluding hydrogens is 342 g/mol. The molecule has 1 aromatic rings. The van der Waals surface area contributed by atoms with Crippen LogP contribution in [-0.4, -0.2) is 23.8 Å². The number of ether oxygens (including phenoxy) is 2. The van der Waals surface area contributed by atoms with Crippen LogP contribution in [0.4, 0.5) is 8.78 Å². The monoisotopic (exact) mass is 360 g/mol. The van der Waals surface area contributed by atoms with Crippen molar-refractivity contribution in [3.8, 4) is 11.5 Å². The molecule has 0 aromatic heterocycles. The van der Waals surface area contributed by atoms with Gasteiger partial charge in [0.05, 0.1) is 12.5 Å². The van der Waals surface area contributed by atoms with Gasteiger partial charge in [-0.05, 0) is 42.5 Å². The van der Waals surface area contributed by atoms with E-state index in [1.165, 1.54) is 24.3 Å². The Labute approximate surface area is 144 Å². The van der Waals surface area contributed by atoms with Crippen molar-refractivity contribution in [1.82, 2.24) is 0 Å². The number of allylic oxidation sites excluding steroid dienone is 1. The average molecular weight is 361 g/mol. The summed E-state index contributed by atoms with van der Waals surface area (Å²) < 4.78 is 38.1. The molecule has 24 heavy (non-hydrogen) atoms. The van der Waals surface area contributed by atoms with Crippen LogP contribution in [-0.2, 0) is 4.79 Å². The van der Waals surface area contributed by atoms with Gasteiger partial charge in [0, 0.05) is 0 Å². The molecule has 1 N–H and O–H groups in total. The number of carboxylic acids is 1. The minimum Gasteiger partial charge on any atom is -0.494 e. The summed E-state index contributed by atoms with van der Waals surface area (Å²) in [7, 11) is 0. The standard InChI is InChI=1S/C17H19ClF2O4/c1-4-23-10-5-7-11(8-6-10)24-17(19,20)13(18)9-12-14(15(21)22)16(12,2)3/h5-9,12,14H,4H2,1-3H3,(H,21,22)/t12-,14-/m1/s1. The maximum Gasteiger partial charge on any atom is 0.437 e. The number of rotatable bonds is 7. The van der Waals surface area contributed by atoms with Crippen molar-refractivity contribution < 1.29 is 28.2 Å². The van der Waals surface area contributed by atoms with Crippen LogP contribution in [0.1, 0.15) is 20.8 Å². The summed E-state index contributed by atoms with van der Waals surface area (Å²) in [4.78, 5) is 11.1. The van der Waals surface area contributed by atoms with Crippen LogP contribution >= 0.6 is 11.6 Å². The first-order chi connectivity index (χ1) is 11.1. The molecule has 2 atom stereocenters. The van der Waals surface area contributed by atoms with E-state index in [1.54, 1.807) is 13.8 Å². The van der Waals surface area contributed by atoms with Crippen molar-refractivity contribution in [2.24, 2.45) is 17.3 Å². The number of benzene rings is 1. The average Bonchev–Trinajstić information content (AvgIpc) is 3.02. The van der Waals surface area contributed by atoms with Crippen LogP contribution in [0.15, 0.2) is 35.4 Å². The second kappa shape index (κ2) is 6.59. The van der Waals surface area contributed by atoms with E-state index in [9.17, 15) is 13.6 Å². The van der Waals surface area contributed by atoms with Crippen molar-refractivity contribution in [2.75, 3.05) is 6.61 Å². The van der Waals surface area contributed by atoms with Crippen LogP contribution in [0.25, 0.3) is 0 Å². The van der Waals surface area contributed by atoms with Gasteiger partial charge in [-0.1, -0.05) is 31.5 Å². The Morgan fingerprint density at radius 2 is 1.88 bits per heavy atom. The van der Waals surface area contributed by atoms with Crippen molar-refractivity contribution in [3.05, 3.63) is 35.4 Å². The molecule has 1 aliphatic carbocycles. The minimum atomic E-state index is -3.74. The molecule has 132 valence electrons. The van der Waals surface area contributed by atoms with Crippen LogP contribution in [0, 0.1) is 17.3 Å². The van der Waals surface area contributed by atoms with Crippen molar-refractivity contribution in [2.45, 2.75) is 26.9 Å². The predicted octanol–water partition coefficient (Wildman–Crippen LogP) is 4.54. The molecular formula is C17H19ClF2O4. The topological polar surface area (TPSA) is 55.8 Å². The van der Waals surface area contributed by atoms with Gasteiger partial charge >= 0.3 is 12.1 Å². The molecule has 0 unspecified atom stereocenters. The molecule has 0 heterocycles. The van der Waals surface area contributed by atoms with Crippen LogP contribution < -0.4 is 9.47 Å². The Hall–Kier alpha value is -1.82. The fraction of sp³-hybridized carbons (Fsp3) is 0.471. The maximum absolute atomic E-state index is 14.1. The lowest BCUT2D eigenvalue weighted by molar-refractivity contribution is -0.140. The van der Waals surface area contributed by atoms with Gasteiger partial charge in [0.15, 0.2) is 0 Å². The third-order valence-corrected chi connectivity index (χ3v) is 4.51. The number of carbonyl (C=O) groups is 1. The molecule has 0 radical (unpaired) electrons. The van der Waals surface area contributed by atoms with Gasteiger partial charge in [0.2, 0.25) is 0 Å². The Bertz CT molecular complexity index is 640. The summed E-state index contributed by atoms with van der Waals surface area (Å²) in [5.41, 5.74) is -0.610. The fourth-order valence-electron chi connectivity index (χ4n) is 2.68. The highest BCUT2D eigenvalue weighted by Gasteiger charge is 2.61. The van der Waals surface area contributed by atoms with Crippen LogP contribution in [0.2, 0.25) is 0 Å². The van der Waals surface area contributed by atoms with Crippen molar-refractivity contribution in [1.29, 1.82) is 0 Å². The molecule has 1 saturated carbocycles. The molecule has 7 heteroatoms. The summed E-state index contributed by atoms with van der Waals surface area (Å²) in [6, 6.07) is 5.72. The van der Waals surface area contributed by atoms with Gasteiger partial charge in [0.25, 0.3) is 0 Å². The van der Waals surface area contributed by atoms with Gasteiger partial charge in [-0.15, -0.1) is 0 Å². The minimum absolute atomic E-state index is 0.0696. The number of hydrogen-bond acceptors (Lipinski definition) is 3. The van der Waals surface area contributed by atoms with Crippen LogP contribution in [0.3, 0.4) is 0 Å².